The highest BCUT2D eigenvalue weighted by atomic mass is 16.4. The number of rotatable bonds is 2. The van der Waals surface area contributed by atoms with Gasteiger partial charge in [-0.1, -0.05) is 0 Å². The van der Waals surface area contributed by atoms with E-state index >= 15 is 0 Å². The normalized spacial score (nSPS) is 10.0. The Morgan fingerprint density at radius 3 is 2.83 bits per heavy atom. The number of nitrogens with two attached hydrogens (primary N) is 1. The number of nitrogens with zero attached hydrogens (tertiary/aromatic N) is 4. The van der Waals surface area contributed by atoms with Gasteiger partial charge >= 0.3 is 5.97 Å². The first-order valence-electron chi connectivity index (χ1n) is 4.98. The first kappa shape index (κ1) is 11.6. The monoisotopic (exact) mass is 243 g/mol. The van der Waals surface area contributed by atoms with Crippen LogP contribution in [-0.4, -0.2) is 25.8 Å². The lowest BCUT2D eigenvalue weighted by molar-refractivity contribution is 0.0698. The summed E-state index contributed by atoms with van der Waals surface area (Å²) in [5, 5.41) is 21.6. The molecule has 2 aromatic rings. The van der Waals surface area contributed by atoms with Gasteiger partial charge in [0.05, 0.1) is 11.3 Å². The van der Waals surface area contributed by atoms with Gasteiger partial charge in [-0.2, -0.15) is 5.26 Å². The number of anilines is 1. The Kier molecular flexibility index (Phi) is 2.69. The summed E-state index contributed by atoms with van der Waals surface area (Å²) in [6.45, 7) is 1.70. The predicted molar refractivity (Wildman–Crippen MR) is 62.2 cm³/mol. The molecule has 0 bridgehead atoms. The Bertz CT molecular complexity index is 669. The Hall–Kier alpha value is -2.88. The molecule has 3 N–H and O–H groups in total. The van der Waals surface area contributed by atoms with E-state index in [0.29, 0.717) is 11.3 Å². The second-order valence-electron chi connectivity index (χ2n) is 3.65. The van der Waals surface area contributed by atoms with Gasteiger partial charge in [0.1, 0.15) is 12.4 Å². The molecule has 1 aromatic carbocycles. The van der Waals surface area contributed by atoms with Crippen molar-refractivity contribution in [3.05, 3.63) is 35.4 Å². The van der Waals surface area contributed by atoms with E-state index < -0.39 is 5.97 Å². The summed E-state index contributed by atoms with van der Waals surface area (Å²) in [5.41, 5.74) is 7.01. The number of hydrogen-bond acceptors (Lipinski definition) is 5. The fraction of sp³-hybridized carbons (Fsp3) is 0.0909. The molecule has 90 valence electrons. The molecule has 0 aliphatic rings. The molecule has 0 unspecified atom stereocenters. The smallest absolute Gasteiger partial charge is 0.337 e. The van der Waals surface area contributed by atoms with Crippen LogP contribution in [0.1, 0.15) is 21.7 Å². The average molecular weight is 243 g/mol. The second kappa shape index (κ2) is 4.18. The fourth-order valence-electron chi connectivity index (χ4n) is 1.53. The Labute approximate surface area is 102 Å². The Morgan fingerprint density at radius 2 is 2.28 bits per heavy atom. The number of aromatic nitrogens is 3. The van der Waals surface area contributed by atoms with Crippen molar-refractivity contribution in [2.45, 2.75) is 6.92 Å². The Balaban J connectivity index is 2.59. The van der Waals surface area contributed by atoms with E-state index in [4.69, 9.17) is 16.1 Å². The van der Waals surface area contributed by atoms with Crippen LogP contribution in [-0.2, 0) is 0 Å². The minimum absolute atomic E-state index is 0.000919. The van der Waals surface area contributed by atoms with Crippen molar-refractivity contribution in [2.24, 2.45) is 0 Å². The van der Waals surface area contributed by atoms with E-state index in [9.17, 15) is 4.79 Å². The largest absolute Gasteiger partial charge is 0.478 e. The van der Waals surface area contributed by atoms with Gasteiger partial charge in [-0.25, -0.2) is 14.5 Å². The number of carboxylic acids is 1. The van der Waals surface area contributed by atoms with Crippen LogP contribution in [0.15, 0.2) is 18.5 Å². The van der Waals surface area contributed by atoms with Gasteiger partial charge in [0.2, 0.25) is 0 Å². The van der Waals surface area contributed by atoms with E-state index in [1.807, 2.05) is 0 Å². The summed E-state index contributed by atoms with van der Waals surface area (Å²) in [4.78, 5) is 14.8. The lowest BCUT2D eigenvalue weighted by Gasteiger charge is -2.08. The standard InChI is InChI=1S/C11H9N5O2/c1-6-2-7(3-8(10(6)13)11(17)18)16-5-14-9(4-12)15-16/h2-3,5H,13H2,1H3,(H,17,18). The van der Waals surface area contributed by atoms with Crippen molar-refractivity contribution in [1.82, 2.24) is 14.8 Å². The SMILES string of the molecule is Cc1cc(-n2cnc(C#N)n2)cc(C(=O)O)c1N. The van der Waals surface area contributed by atoms with Crippen molar-refractivity contribution >= 4 is 11.7 Å². The van der Waals surface area contributed by atoms with Gasteiger partial charge in [0.25, 0.3) is 5.82 Å². The summed E-state index contributed by atoms with van der Waals surface area (Å²) < 4.78 is 1.33. The zero-order valence-electron chi connectivity index (χ0n) is 9.45. The van der Waals surface area contributed by atoms with Gasteiger partial charge in [0.15, 0.2) is 0 Å². The topological polar surface area (TPSA) is 118 Å². The maximum atomic E-state index is 11.0. The molecule has 0 aliphatic carbocycles. The molecule has 0 saturated heterocycles. The number of carbonyl (C=O) groups is 1. The molecular weight excluding hydrogens is 234 g/mol. The van der Waals surface area contributed by atoms with E-state index in [0.717, 1.165) is 0 Å². The number of aromatic carboxylic acids is 1. The minimum atomic E-state index is -1.11. The number of aryl methyl sites for hydroxylation is 1. The molecule has 18 heavy (non-hydrogen) atoms. The lowest BCUT2D eigenvalue weighted by atomic mass is 10.1. The molecule has 0 amide bonds. The number of benzene rings is 1. The van der Waals surface area contributed by atoms with Crippen LogP contribution in [0.25, 0.3) is 5.69 Å². The van der Waals surface area contributed by atoms with E-state index in [1.165, 1.54) is 17.1 Å². The highest BCUT2D eigenvalue weighted by Gasteiger charge is 2.13. The highest BCUT2D eigenvalue weighted by molar-refractivity contribution is 5.95. The lowest BCUT2D eigenvalue weighted by Crippen LogP contribution is -2.07. The molecule has 1 aromatic heterocycles. The van der Waals surface area contributed by atoms with Crippen LogP contribution in [0.4, 0.5) is 5.69 Å². The third-order valence-corrected chi connectivity index (χ3v) is 2.46. The Morgan fingerprint density at radius 1 is 1.56 bits per heavy atom. The number of hydrogen-bond donors (Lipinski definition) is 2. The van der Waals surface area contributed by atoms with Gasteiger partial charge in [-0.3, -0.25) is 0 Å². The van der Waals surface area contributed by atoms with Crippen LogP contribution in [0.5, 0.6) is 0 Å². The highest BCUT2D eigenvalue weighted by Crippen LogP contribution is 2.21. The zero-order chi connectivity index (χ0) is 13.3. The average Bonchev–Trinajstić information content (AvgIpc) is 2.80. The van der Waals surface area contributed by atoms with Crippen molar-refractivity contribution < 1.29 is 9.90 Å². The molecule has 0 saturated carbocycles. The molecule has 0 atom stereocenters. The fourth-order valence-corrected chi connectivity index (χ4v) is 1.53. The minimum Gasteiger partial charge on any atom is -0.478 e. The summed E-state index contributed by atoms with van der Waals surface area (Å²) in [6.07, 6.45) is 1.34. The molecule has 7 nitrogen and oxygen atoms in total. The van der Waals surface area contributed by atoms with Crippen LogP contribution in [0.3, 0.4) is 0 Å². The van der Waals surface area contributed by atoms with Crippen LogP contribution >= 0.6 is 0 Å². The first-order chi connectivity index (χ1) is 8.52. The molecule has 2 rings (SSSR count). The summed E-state index contributed by atoms with van der Waals surface area (Å²) in [5.74, 6) is -1.10. The van der Waals surface area contributed by atoms with E-state index in [-0.39, 0.29) is 17.1 Å². The van der Waals surface area contributed by atoms with Crippen LogP contribution in [0.2, 0.25) is 0 Å². The number of nitriles is 1. The van der Waals surface area contributed by atoms with Gasteiger partial charge in [-0.15, -0.1) is 5.10 Å². The second-order valence-corrected chi connectivity index (χ2v) is 3.65. The molecule has 0 radical (unpaired) electrons. The van der Waals surface area contributed by atoms with E-state index in [2.05, 4.69) is 10.1 Å². The van der Waals surface area contributed by atoms with Crippen molar-refractivity contribution in [2.75, 3.05) is 5.73 Å². The van der Waals surface area contributed by atoms with Gasteiger partial charge in [0, 0.05) is 5.69 Å². The van der Waals surface area contributed by atoms with Gasteiger partial charge in [-0.05, 0) is 24.6 Å². The number of nitrogen functional groups attached to an aromatic ring is 1. The van der Waals surface area contributed by atoms with Crippen LogP contribution in [0, 0.1) is 18.3 Å². The molecule has 0 spiro atoms. The van der Waals surface area contributed by atoms with Crippen molar-refractivity contribution in [1.29, 1.82) is 5.26 Å². The third kappa shape index (κ3) is 1.87. The third-order valence-electron chi connectivity index (χ3n) is 2.46. The summed E-state index contributed by atoms with van der Waals surface area (Å²) in [7, 11) is 0. The first-order valence-corrected chi connectivity index (χ1v) is 4.98. The molecule has 7 heteroatoms. The predicted octanol–water partition coefficient (Wildman–Crippen LogP) is 0.728. The van der Waals surface area contributed by atoms with E-state index in [1.54, 1.807) is 19.1 Å². The van der Waals surface area contributed by atoms with Crippen molar-refractivity contribution in [3.8, 4) is 11.8 Å². The molecular formula is C11H9N5O2. The quantitative estimate of drug-likeness (QED) is 0.750. The molecule has 0 aliphatic heterocycles. The maximum Gasteiger partial charge on any atom is 0.337 e. The van der Waals surface area contributed by atoms with Gasteiger partial charge < -0.3 is 10.8 Å². The molecule has 0 fully saturated rings. The van der Waals surface area contributed by atoms with Crippen molar-refractivity contribution in [3.63, 3.8) is 0 Å². The van der Waals surface area contributed by atoms with Crippen LogP contribution < -0.4 is 5.73 Å². The summed E-state index contributed by atoms with van der Waals surface area (Å²) >= 11 is 0. The molecule has 1 heterocycles. The summed E-state index contributed by atoms with van der Waals surface area (Å²) in [6, 6.07) is 4.86. The number of carboxylic acid groups (broad SMARTS) is 1. The zero-order valence-corrected chi connectivity index (χ0v) is 9.45. The maximum absolute atomic E-state index is 11.0.